The molecule has 0 aliphatic heterocycles. The minimum Gasteiger partial charge on any atom is -0.492 e. The van der Waals surface area contributed by atoms with E-state index >= 15 is 0 Å². The lowest BCUT2D eigenvalue weighted by Gasteiger charge is -2.13. The van der Waals surface area contributed by atoms with Crippen molar-refractivity contribution in [3.8, 4) is 5.75 Å². The van der Waals surface area contributed by atoms with Crippen LogP contribution in [0.1, 0.15) is 27.3 Å². The smallest absolute Gasteiger partial charge is 0.251 e. The van der Waals surface area contributed by atoms with Gasteiger partial charge in [-0.1, -0.05) is 23.7 Å². The number of nitrogens with zero attached hydrogens (tertiary/aromatic N) is 2. The maximum Gasteiger partial charge on any atom is 0.251 e. The highest BCUT2D eigenvalue weighted by Gasteiger charge is 2.13. The van der Waals surface area contributed by atoms with Crippen LogP contribution in [0, 0.1) is 19.7 Å². The number of halogens is 2. The average molecular weight is 452 g/mol. The van der Waals surface area contributed by atoms with Gasteiger partial charge in [-0.05, 0) is 73.5 Å². The molecule has 0 atom stereocenters. The van der Waals surface area contributed by atoms with Gasteiger partial charge in [0, 0.05) is 10.6 Å². The fourth-order valence-electron chi connectivity index (χ4n) is 3.62. The summed E-state index contributed by atoms with van der Waals surface area (Å²) in [5.41, 5.74) is 4.14. The van der Waals surface area contributed by atoms with Crippen LogP contribution in [0.5, 0.6) is 5.75 Å². The average Bonchev–Trinajstić information content (AvgIpc) is 3.14. The molecule has 0 radical (unpaired) electrons. The van der Waals surface area contributed by atoms with Crippen molar-refractivity contribution in [1.82, 2.24) is 14.9 Å². The molecule has 3 aromatic carbocycles. The van der Waals surface area contributed by atoms with Crippen molar-refractivity contribution in [2.45, 2.75) is 26.9 Å². The second-order valence-corrected chi connectivity index (χ2v) is 7.96. The Morgan fingerprint density at radius 3 is 2.50 bits per heavy atom. The summed E-state index contributed by atoms with van der Waals surface area (Å²) in [6.07, 6.45) is 0. The van der Waals surface area contributed by atoms with Gasteiger partial charge in [0.05, 0.1) is 24.1 Å². The Balaban J connectivity index is 1.49. The number of hydrogen-bond donors (Lipinski definition) is 1. The van der Waals surface area contributed by atoms with Gasteiger partial charge in [0.1, 0.15) is 24.0 Å². The first kappa shape index (κ1) is 21.8. The third kappa shape index (κ3) is 4.75. The standard InChI is InChI=1S/C25H23ClFN3O2/c1-16-13-20(14-17(2)24(16)26)32-12-11-30-22-6-4-3-5-21(22)29-23(30)15-28-25(31)18-7-9-19(27)10-8-18/h3-10,13-14H,11-12,15H2,1-2H3,(H,28,31). The van der Waals surface area contributed by atoms with Crippen LogP contribution in [0.25, 0.3) is 11.0 Å². The van der Waals surface area contributed by atoms with Crippen LogP contribution in [-0.4, -0.2) is 22.1 Å². The lowest BCUT2D eigenvalue weighted by molar-refractivity contribution is 0.0949. The van der Waals surface area contributed by atoms with E-state index in [4.69, 9.17) is 16.3 Å². The molecule has 0 saturated heterocycles. The predicted molar refractivity (Wildman–Crippen MR) is 124 cm³/mol. The normalized spacial score (nSPS) is 11.0. The van der Waals surface area contributed by atoms with Crippen molar-refractivity contribution >= 4 is 28.5 Å². The number of aryl methyl sites for hydroxylation is 2. The summed E-state index contributed by atoms with van der Waals surface area (Å²) < 4.78 is 21.1. The quantitative estimate of drug-likeness (QED) is 0.406. The Kier molecular flexibility index (Phi) is 6.42. The molecule has 0 aliphatic rings. The number of nitrogens with one attached hydrogen (secondary N) is 1. The van der Waals surface area contributed by atoms with Gasteiger partial charge in [0.15, 0.2) is 0 Å². The third-order valence-corrected chi connectivity index (χ3v) is 5.84. The fourth-order valence-corrected chi connectivity index (χ4v) is 3.73. The second-order valence-electron chi connectivity index (χ2n) is 7.58. The Hall–Kier alpha value is -3.38. The van der Waals surface area contributed by atoms with Crippen LogP contribution in [0.3, 0.4) is 0 Å². The van der Waals surface area contributed by atoms with E-state index in [1.807, 2.05) is 54.8 Å². The maximum atomic E-state index is 13.1. The molecule has 0 fully saturated rings. The van der Waals surface area contributed by atoms with E-state index in [0.29, 0.717) is 24.5 Å². The van der Waals surface area contributed by atoms with Gasteiger partial charge in [0.25, 0.3) is 5.91 Å². The molecule has 1 heterocycles. The number of imidazole rings is 1. The van der Waals surface area contributed by atoms with Crippen molar-refractivity contribution < 1.29 is 13.9 Å². The van der Waals surface area contributed by atoms with Crippen molar-refractivity contribution in [2.24, 2.45) is 0 Å². The Bertz CT molecular complexity index is 1250. The van der Waals surface area contributed by atoms with Gasteiger partial charge >= 0.3 is 0 Å². The predicted octanol–water partition coefficient (Wildman–Crippen LogP) is 5.45. The van der Waals surface area contributed by atoms with Crippen LogP contribution in [-0.2, 0) is 13.1 Å². The third-order valence-electron chi connectivity index (χ3n) is 5.24. The lowest BCUT2D eigenvalue weighted by atomic mass is 10.1. The molecule has 5 nitrogen and oxygen atoms in total. The van der Waals surface area contributed by atoms with Gasteiger partial charge in [-0.25, -0.2) is 9.37 Å². The molecule has 0 spiro atoms. The van der Waals surface area contributed by atoms with Gasteiger partial charge in [-0.15, -0.1) is 0 Å². The first-order valence-corrected chi connectivity index (χ1v) is 10.7. The van der Waals surface area contributed by atoms with Crippen LogP contribution < -0.4 is 10.1 Å². The number of hydrogen-bond acceptors (Lipinski definition) is 3. The number of rotatable bonds is 7. The molecule has 164 valence electrons. The topological polar surface area (TPSA) is 56.1 Å². The largest absolute Gasteiger partial charge is 0.492 e. The number of carbonyl (C=O) groups excluding carboxylic acids is 1. The summed E-state index contributed by atoms with van der Waals surface area (Å²) in [7, 11) is 0. The highest BCUT2D eigenvalue weighted by Crippen LogP contribution is 2.26. The summed E-state index contributed by atoms with van der Waals surface area (Å²) in [6.45, 7) is 5.13. The molecule has 0 bridgehead atoms. The number of carbonyl (C=O) groups is 1. The molecule has 0 unspecified atom stereocenters. The van der Waals surface area contributed by atoms with Crippen molar-refractivity contribution in [1.29, 1.82) is 0 Å². The fraction of sp³-hybridized carbons (Fsp3) is 0.200. The molecule has 0 saturated carbocycles. The molecule has 1 amide bonds. The summed E-state index contributed by atoms with van der Waals surface area (Å²) in [6, 6.07) is 17.1. The van der Waals surface area contributed by atoms with E-state index < -0.39 is 0 Å². The zero-order chi connectivity index (χ0) is 22.7. The Labute approximate surface area is 190 Å². The summed E-state index contributed by atoms with van der Waals surface area (Å²) in [5.74, 6) is 0.815. The molecule has 4 rings (SSSR count). The van der Waals surface area contributed by atoms with Crippen LogP contribution in [0.4, 0.5) is 4.39 Å². The highest BCUT2D eigenvalue weighted by molar-refractivity contribution is 6.32. The maximum absolute atomic E-state index is 13.1. The number of amides is 1. The Morgan fingerprint density at radius 2 is 1.78 bits per heavy atom. The SMILES string of the molecule is Cc1cc(OCCn2c(CNC(=O)c3ccc(F)cc3)nc3ccccc32)cc(C)c1Cl. The van der Waals surface area contributed by atoms with Crippen LogP contribution in [0.2, 0.25) is 5.02 Å². The minimum atomic E-state index is -0.380. The number of aromatic nitrogens is 2. The summed E-state index contributed by atoms with van der Waals surface area (Å²) >= 11 is 6.24. The zero-order valence-corrected chi connectivity index (χ0v) is 18.6. The molecule has 32 heavy (non-hydrogen) atoms. The molecule has 0 aliphatic carbocycles. The van der Waals surface area contributed by atoms with E-state index in [0.717, 1.165) is 32.9 Å². The van der Waals surface area contributed by atoms with E-state index in [9.17, 15) is 9.18 Å². The second kappa shape index (κ2) is 9.40. The van der Waals surface area contributed by atoms with Gasteiger partial charge in [-0.3, -0.25) is 4.79 Å². The van der Waals surface area contributed by atoms with Crippen molar-refractivity contribution in [3.05, 3.63) is 94.0 Å². The van der Waals surface area contributed by atoms with Gasteiger partial charge < -0.3 is 14.6 Å². The van der Waals surface area contributed by atoms with Gasteiger partial charge in [-0.2, -0.15) is 0 Å². The molecular weight excluding hydrogens is 429 g/mol. The highest BCUT2D eigenvalue weighted by atomic mass is 35.5. The number of fused-ring (bicyclic) bond motifs is 1. The zero-order valence-electron chi connectivity index (χ0n) is 17.9. The number of para-hydroxylation sites is 2. The number of ether oxygens (including phenoxy) is 1. The first-order valence-electron chi connectivity index (χ1n) is 10.3. The molecule has 7 heteroatoms. The van der Waals surface area contributed by atoms with Crippen molar-refractivity contribution in [2.75, 3.05) is 6.61 Å². The molecule has 1 N–H and O–H groups in total. The van der Waals surface area contributed by atoms with E-state index in [2.05, 4.69) is 10.3 Å². The minimum absolute atomic E-state index is 0.240. The monoisotopic (exact) mass is 451 g/mol. The molecular formula is C25H23ClFN3O2. The first-order chi connectivity index (χ1) is 15.4. The lowest BCUT2D eigenvalue weighted by Crippen LogP contribution is -2.25. The van der Waals surface area contributed by atoms with Crippen molar-refractivity contribution in [3.63, 3.8) is 0 Å². The van der Waals surface area contributed by atoms with Crippen LogP contribution in [0.15, 0.2) is 60.7 Å². The molecule has 4 aromatic rings. The number of benzene rings is 3. The van der Waals surface area contributed by atoms with E-state index in [-0.39, 0.29) is 18.3 Å². The summed E-state index contributed by atoms with van der Waals surface area (Å²) in [4.78, 5) is 17.1. The van der Waals surface area contributed by atoms with E-state index in [1.54, 1.807) is 0 Å². The molecule has 1 aromatic heterocycles. The summed E-state index contributed by atoms with van der Waals surface area (Å²) in [5, 5.41) is 3.61. The Morgan fingerprint density at radius 1 is 1.09 bits per heavy atom. The van der Waals surface area contributed by atoms with E-state index in [1.165, 1.54) is 24.3 Å². The van der Waals surface area contributed by atoms with Crippen LogP contribution >= 0.6 is 11.6 Å². The van der Waals surface area contributed by atoms with Gasteiger partial charge in [0.2, 0.25) is 0 Å².